The van der Waals surface area contributed by atoms with Crippen LogP contribution in [-0.2, 0) is 0 Å². The molecular weight excluding hydrogens is 512 g/mol. The van der Waals surface area contributed by atoms with E-state index in [1.807, 2.05) is 24.3 Å². The average molecular weight is 535 g/mol. The molecule has 0 saturated heterocycles. The first kappa shape index (κ1) is 23.8. The molecule has 0 amide bonds. The molecule has 0 radical (unpaired) electrons. The molecule has 0 spiro atoms. The number of benzene rings is 6. The molecule has 0 fully saturated rings. The lowest BCUT2D eigenvalue weighted by Gasteiger charge is -2.12. The quantitative estimate of drug-likeness (QED) is 0.208. The van der Waals surface area contributed by atoms with Gasteiger partial charge in [-0.15, -0.1) is 0 Å². The summed E-state index contributed by atoms with van der Waals surface area (Å²) in [6.07, 6.45) is 0. The standard InChI is InChI=1S/C38H22N4/c1-40-32-17-9-11-25(24-39)37(32)31-16-10-20-35-38(31)30-15-6-8-19-34(30)42(35)27-21-22-29-28-14-5-7-18-33(28)41(36(29)23-27)26-12-3-2-4-13-26/h2-23H. The summed E-state index contributed by atoms with van der Waals surface area (Å²) in [5.74, 6) is 0. The first-order valence-electron chi connectivity index (χ1n) is 13.8. The Morgan fingerprint density at radius 2 is 1.19 bits per heavy atom. The van der Waals surface area contributed by atoms with Crippen LogP contribution in [0.15, 0.2) is 133 Å². The molecule has 0 atom stereocenters. The predicted molar refractivity (Wildman–Crippen MR) is 172 cm³/mol. The third-order valence-electron chi connectivity index (χ3n) is 8.18. The van der Waals surface area contributed by atoms with E-state index in [2.05, 4.69) is 111 Å². The molecule has 0 aliphatic rings. The zero-order valence-electron chi connectivity index (χ0n) is 22.5. The molecule has 4 nitrogen and oxygen atoms in total. The SMILES string of the molecule is [C-]#[N+]c1cccc(C#N)c1-c1cccc2c1c1ccccc1n2-c1ccc2c3ccccc3n(-c3ccccc3)c2c1. The summed E-state index contributed by atoms with van der Waals surface area (Å²) in [5, 5.41) is 14.5. The second-order valence-electron chi connectivity index (χ2n) is 10.4. The van der Waals surface area contributed by atoms with Crippen molar-refractivity contribution in [3.05, 3.63) is 150 Å². The highest BCUT2D eigenvalue weighted by atomic mass is 15.0. The zero-order chi connectivity index (χ0) is 28.2. The second kappa shape index (κ2) is 9.24. The van der Waals surface area contributed by atoms with Crippen LogP contribution in [0.4, 0.5) is 5.69 Å². The summed E-state index contributed by atoms with van der Waals surface area (Å²) >= 11 is 0. The van der Waals surface area contributed by atoms with Crippen molar-refractivity contribution >= 4 is 49.3 Å². The van der Waals surface area contributed by atoms with E-state index in [-0.39, 0.29) is 0 Å². The van der Waals surface area contributed by atoms with E-state index in [0.29, 0.717) is 16.8 Å². The van der Waals surface area contributed by atoms with Gasteiger partial charge >= 0.3 is 0 Å². The van der Waals surface area contributed by atoms with Gasteiger partial charge in [-0.3, -0.25) is 0 Å². The number of hydrogen-bond acceptors (Lipinski definition) is 1. The molecular formula is C38H22N4. The molecule has 0 aliphatic heterocycles. The van der Waals surface area contributed by atoms with Crippen LogP contribution in [0.2, 0.25) is 0 Å². The number of aromatic nitrogens is 2. The Balaban J connectivity index is 1.48. The normalized spacial score (nSPS) is 11.3. The van der Waals surface area contributed by atoms with Crippen molar-refractivity contribution in [2.24, 2.45) is 0 Å². The van der Waals surface area contributed by atoms with Crippen LogP contribution in [0.1, 0.15) is 5.56 Å². The number of fused-ring (bicyclic) bond motifs is 6. The summed E-state index contributed by atoms with van der Waals surface area (Å²) in [5.41, 5.74) is 9.11. The van der Waals surface area contributed by atoms with Crippen molar-refractivity contribution in [1.82, 2.24) is 9.13 Å². The van der Waals surface area contributed by atoms with Crippen LogP contribution < -0.4 is 0 Å². The molecule has 8 aromatic rings. The van der Waals surface area contributed by atoms with E-state index in [1.54, 1.807) is 18.2 Å². The van der Waals surface area contributed by atoms with Gasteiger partial charge in [-0.1, -0.05) is 84.9 Å². The Hall–Kier alpha value is -6.10. The molecule has 8 rings (SSSR count). The monoisotopic (exact) mass is 534 g/mol. The number of para-hydroxylation sites is 3. The minimum atomic E-state index is 0.479. The van der Waals surface area contributed by atoms with E-state index < -0.39 is 0 Å². The highest BCUT2D eigenvalue weighted by Gasteiger charge is 2.20. The maximum Gasteiger partial charge on any atom is 0.196 e. The largest absolute Gasteiger partial charge is 0.309 e. The van der Waals surface area contributed by atoms with Crippen LogP contribution in [0.5, 0.6) is 0 Å². The van der Waals surface area contributed by atoms with Crippen molar-refractivity contribution in [1.29, 1.82) is 5.26 Å². The minimum absolute atomic E-state index is 0.479. The second-order valence-corrected chi connectivity index (χ2v) is 10.4. The number of nitriles is 1. The topological polar surface area (TPSA) is 38.0 Å². The third-order valence-corrected chi connectivity index (χ3v) is 8.18. The molecule has 42 heavy (non-hydrogen) atoms. The molecule has 0 bridgehead atoms. The van der Waals surface area contributed by atoms with Crippen LogP contribution in [0.3, 0.4) is 0 Å². The Kier molecular flexibility index (Phi) is 5.22. The van der Waals surface area contributed by atoms with Gasteiger partial charge in [0.15, 0.2) is 5.69 Å². The molecule has 0 saturated carbocycles. The molecule has 0 N–H and O–H groups in total. The minimum Gasteiger partial charge on any atom is -0.309 e. The van der Waals surface area contributed by atoms with Gasteiger partial charge in [0, 0.05) is 44.0 Å². The van der Waals surface area contributed by atoms with Crippen molar-refractivity contribution in [3.63, 3.8) is 0 Å². The van der Waals surface area contributed by atoms with Gasteiger partial charge in [-0.2, -0.15) is 5.26 Å². The molecule has 6 aromatic carbocycles. The van der Waals surface area contributed by atoms with Crippen LogP contribution in [0, 0.1) is 17.9 Å². The highest BCUT2D eigenvalue weighted by Crippen LogP contribution is 2.43. The molecule has 4 heteroatoms. The van der Waals surface area contributed by atoms with Gasteiger partial charge in [-0.25, -0.2) is 4.85 Å². The number of hydrogen-bond donors (Lipinski definition) is 0. The molecule has 194 valence electrons. The fraction of sp³-hybridized carbons (Fsp3) is 0. The lowest BCUT2D eigenvalue weighted by Crippen LogP contribution is -1.97. The van der Waals surface area contributed by atoms with Crippen LogP contribution in [-0.4, -0.2) is 9.13 Å². The smallest absolute Gasteiger partial charge is 0.196 e. The van der Waals surface area contributed by atoms with Gasteiger partial charge in [-0.05, 0) is 54.1 Å². The Bertz CT molecular complexity index is 2400. The van der Waals surface area contributed by atoms with E-state index in [9.17, 15) is 5.26 Å². The lowest BCUT2D eigenvalue weighted by molar-refractivity contribution is 1.15. The van der Waals surface area contributed by atoms with Crippen molar-refractivity contribution in [2.75, 3.05) is 0 Å². The Morgan fingerprint density at radius 1 is 0.548 bits per heavy atom. The summed E-state index contributed by atoms with van der Waals surface area (Å²) < 4.78 is 4.63. The first-order chi connectivity index (χ1) is 20.8. The first-order valence-corrected chi connectivity index (χ1v) is 13.8. The summed E-state index contributed by atoms with van der Waals surface area (Å²) in [6.45, 7) is 7.84. The fourth-order valence-corrected chi connectivity index (χ4v) is 6.47. The predicted octanol–water partition coefficient (Wildman–Crippen LogP) is 9.97. The van der Waals surface area contributed by atoms with Gasteiger partial charge in [0.05, 0.1) is 34.7 Å². The highest BCUT2D eigenvalue weighted by molar-refractivity contribution is 6.17. The summed E-state index contributed by atoms with van der Waals surface area (Å²) in [4.78, 5) is 3.79. The van der Waals surface area contributed by atoms with Gasteiger partial charge in [0.1, 0.15) is 0 Å². The maximum absolute atomic E-state index is 9.99. The van der Waals surface area contributed by atoms with Gasteiger partial charge in [0.2, 0.25) is 0 Å². The molecule has 0 aliphatic carbocycles. The van der Waals surface area contributed by atoms with E-state index in [1.165, 1.54) is 16.3 Å². The van der Waals surface area contributed by atoms with Crippen LogP contribution in [0.25, 0.3) is 71.0 Å². The average Bonchev–Trinajstić information content (AvgIpc) is 3.57. The maximum atomic E-state index is 9.99. The van der Waals surface area contributed by atoms with E-state index in [4.69, 9.17) is 6.57 Å². The Morgan fingerprint density at radius 3 is 1.98 bits per heavy atom. The summed E-state index contributed by atoms with van der Waals surface area (Å²) in [6, 6.07) is 47.9. The van der Waals surface area contributed by atoms with Crippen molar-refractivity contribution < 1.29 is 0 Å². The van der Waals surface area contributed by atoms with Crippen molar-refractivity contribution in [3.8, 4) is 28.6 Å². The number of nitrogens with zero attached hydrogens (tertiary/aromatic N) is 4. The van der Waals surface area contributed by atoms with E-state index >= 15 is 0 Å². The molecule has 0 unspecified atom stereocenters. The van der Waals surface area contributed by atoms with Gasteiger partial charge < -0.3 is 9.13 Å². The summed E-state index contributed by atoms with van der Waals surface area (Å²) in [7, 11) is 0. The molecule has 2 aromatic heterocycles. The molecule has 2 heterocycles. The lowest BCUT2D eigenvalue weighted by atomic mass is 9.94. The van der Waals surface area contributed by atoms with E-state index in [0.717, 1.165) is 44.3 Å². The Labute approximate surface area is 242 Å². The zero-order valence-corrected chi connectivity index (χ0v) is 22.5. The number of rotatable bonds is 3. The van der Waals surface area contributed by atoms with Crippen LogP contribution >= 0.6 is 0 Å². The van der Waals surface area contributed by atoms with Gasteiger partial charge in [0.25, 0.3) is 0 Å². The van der Waals surface area contributed by atoms with Crippen molar-refractivity contribution in [2.45, 2.75) is 0 Å². The third kappa shape index (κ3) is 3.33. The fourth-order valence-electron chi connectivity index (χ4n) is 6.47.